The fourth-order valence-electron chi connectivity index (χ4n) is 2.28. The maximum Gasteiger partial charge on any atom is 0.416 e. The Morgan fingerprint density at radius 1 is 0.750 bits per heavy atom. The molecule has 2 aromatic carbocycles. The molecule has 2 aromatic rings. The largest absolute Gasteiger partial charge is 0.416 e. The predicted molar refractivity (Wildman–Crippen MR) is 78.6 cm³/mol. The first-order valence-electron chi connectivity index (χ1n) is 6.92. The molecular weight excluding hydrogens is 331 g/mol. The Kier molecular flexibility index (Phi) is 5.25. The molecule has 0 saturated heterocycles. The van der Waals surface area contributed by atoms with E-state index in [9.17, 15) is 22.0 Å². The quantitative estimate of drug-likeness (QED) is 0.684. The zero-order valence-electron chi connectivity index (χ0n) is 12.9. The molecule has 0 bridgehead atoms. The first-order chi connectivity index (χ1) is 11.2. The molecule has 2 rings (SSSR count). The van der Waals surface area contributed by atoms with Gasteiger partial charge in [-0.1, -0.05) is 36.4 Å². The van der Waals surface area contributed by atoms with Gasteiger partial charge in [-0.2, -0.15) is 22.0 Å². The van der Waals surface area contributed by atoms with Crippen LogP contribution in [0.4, 0.5) is 22.0 Å². The van der Waals surface area contributed by atoms with Crippen LogP contribution in [0.3, 0.4) is 0 Å². The van der Waals surface area contributed by atoms with Gasteiger partial charge in [0.1, 0.15) is 0 Å². The summed E-state index contributed by atoms with van der Waals surface area (Å²) in [6.45, 7) is 0. The van der Waals surface area contributed by atoms with Crippen LogP contribution in [0.5, 0.6) is 0 Å². The zero-order chi connectivity index (χ0) is 18.0. The summed E-state index contributed by atoms with van der Waals surface area (Å²) in [5.41, 5.74) is 0.590. The van der Waals surface area contributed by atoms with E-state index in [0.29, 0.717) is 11.1 Å². The molecule has 1 unspecified atom stereocenters. The second-order valence-corrected chi connectivity index (χ2v) is 5.08. The second kappa shape index (κ2) is 6.86. The molecule has 2 nitrogen and oxygen atoms in total. The summed E-state index contributed by atoms with van der Waals surface area (Å²) in [6.07, 6.45) is -9.48. The van der Waals surface area contributed by atoms with E-state index < -0.39 is 24.0 Å². The highest BCUT2D eigenvalue weighted by molar-refractivity contribution is 5.64. The van der Waals surface area contributed by atoms with Crippen molar-refractivity contribution in [1.82, 2.24) is 0 Å². The Morgan fingerprint density at radius 3 is 1.58 bits per heavy atom. The first-order valence-corrected chi connectivity index (χ1v) is 6.92. The zero-order valence-corrected chi connectivity index (χ0v) is 12.9. The van der Waals surface area contributed by atoms with E-state index in [1.54, 1.807) is 0 Å². The van der Waals surface area contributed by atoms with Crippen LogP contribution in [0.2, 0.25) is 0 Å². The third-order valence-electron chi connectivity index (χ3n) is 3.57. The van der Waals surface area contributed by atoms with Gasteiger partial charge in [0, 0.05) is 14.2 Å². The minimum atomic E-state index is -4.40. The Morgan fingerprint density at radius 2 is 1.21 bits per heavy atom. The van der Waals surface area contributed by atoms with Gasteiger partial charge in [0.05, 0.1) is 5.56 Å². The maximum absolute atomic E-state index is 13.6. The van der Waals surface area contributed by atoms with Gasteiger partial charge in [-0.15, -0.1) is 0 Å². The van der Waals surface area contributed by atoms with Crippen molar-refractivity contribution in [1.29, 1.82) is 0 Å². The number of rotatable bonds is 5. The molecule has 0 N–H and O–H groups in total. The lowest BCUT2D eigenvalue weighted by molar-refractivity contribution is -0.284. The average Bonchev–Trinajstić information content (AvgIpc) is 2.55. The number of ether oxygens (including phenoxy) is 2. The molecule has 0 aromatic heterocycles. The summed E-state index contributed by atoms with van der Waals surface area (Å²) in [4.78, 5) is 0. The number of halogens is 5. The molecule has 1 atom stereocenters. The highest BCUT2D eigenvalue weighted by Gasteiger charge is 2.41. The molecule has 130 valence electrons. The fourth-order valence-corrected chi connectivity index (χ4v) is 2.28. The van der Waals surface area contributed by atoms with Gasteiger partial charge in [-0.25, -0.2) is 0 Å². The van der Waals surface area contributed by atoms with Crippen LogP contribution in [-0.4, -0.2) is 20.3 Å². The van der Waals surface area contributed by atoms with Crippen molar-refractivity contribution >= 4 is 0 Å². The van der Waals surface area contributed by atoms with Crippen LogP contribution in [0.15, 0.2) is 48.5 Å². The fraction of sp³-hybridized carbons (Fsp3) is 0.294. The summed E-state index contributed by atoms with van der Waals surface area (Å²) in [6, 6.07) is 10.5. The van der Waals surface area contributed by atoms with Gasteiger partial charge in [0.25, 0.3) is 0 Å². The molecule has 0 amide bonds. The minimum absolute atomic E-state index is 0.194. The smallest absolute Gasteiger partial charge is 0.368 e. The molecule has 0 aliphatic rings. The molecular formula is C17H15F5O2. The average molecular weight is 346 g/mol. The predicted octanol–water partition coefficient (Wildman–Crippen LogP) is 5.30. The van der Waals surface area contributed by atoms with Crippen LogP contribution in [-0.2, 0) is 15.7 Å². The topological polar surface area (TPSA) is 18.5 Å². The van der Waals surface area contributed by atoms with E-state index in [1.807, 2.05) is 0 Å². The Balaban J connectivity index is 2.26. The molecule has 0 aliphatic carbocycles. The summed E-state index contributed by atoms with van der Waals surface area (Å²) in [7, 11) is 2.02. The lowest BCUT2D eigenvalue weighted by atomic mass is 10.0. The lowest BCUT2D eigenvalue weighted by Crippen LogP contribution is -2.29. The molecule has 0 aliphatic heterocycles. The van der Waals surface area contributed by atoms with Crippen LogP contribution >= 0.6 is 0 Å². The van der Waals surface area contributed by atoms with E-state index in [-0.39, 0.29) is 5.56 Å². The minimum Gasteiger partial charge on any atom is -0.368 e. The van der Waals surface area contributed by atoms with Crippen LogP contribution in [0, 0.1) is 0 Å². The summed E-state index contributed by atoms with van der Waals surface area (Å²) >= 11 is 0. The number of alkyl halides is 5. The van der Waals surface area contributed by atoms with Crippen LogP contribution < -0.4 is 0 Å². The van der Waals surface area contributed by atoms with Crippen molar-refractivity contribution in [2.45, 2.75) is 18.4 Å². The third kappa shape index (κ3) is 3.91. The monoisotopic (exact) mass is 346 g/mol. The molecule has 7 heteroatoms. The van der Waals surface area contributed by atoms with Gasteiger partial charge in [0.2, 0.25) is 0 Å². The van der Waals surface area contributed by atoms with Gasteiger partial charge in [-0.3, -0.25) is 0 Å². The van der Waals surface area contributed by atoms with E-state index in [2.05, 4.69) is 4.74 Å². The first kappa shape index (κ1) is 18.4. The van der Waals surface area contributed by atoms with Crippen LogP contribution in [0.1, 0.15) is 17.2 Å². The van der Waals surface area contributed by atoms with Crippen molar-refractivity contribution in [3.05, 3.63) is 59.7 Å². The summed E-state index contributed by atoms with van der Waals surface area (Å²) in [5, 5.41) is 0. The van der Waals surface area contributed by atoms with Crippen LogP contribution in [0.25, 0.3) is 11.1 Å². The summed E-state index contributed by atoms with van der Waals surface area (Å²) in [5.74, 6) is 0. The van der Waals surface area contributed by atoms with E-state index in [4.69, 9.17) is 4.74 Å². The molecule has 0 spiro atoms. The van der Waals surface area contributed by atoms with Crippen molar-refractivity contribution in [2.24, 2.45) is 0 Å². The Bertz CT molecular complexity index is 663. The molecule has 0 radical (unpaired) electrons. The molecule has 24 heavy (non-hydrogen) atoms. The highest BCUT2D eigenvalue weighted by Crippen LogP contribution is 2.36. The Labute approximate surface area is 135 Å². The van der Waals surface area contributed by atoms with Gasteiger partial charge in [-0.05, 0) is 28.8 Å². The number of benzene rings is 2. The lowest BCUT2D eigenvalue weighted by Gasteiger charge is -2.24. The normalized spacial score (nSPS) is 13.8. The molecule has 0 heterocycles. The number of methoxy groups -OCH3 is 2. The standard InChI is InChI=1S/C17H15F5O2/c1-23-15(17(21,22)24-2)13-5-3-11(4-6-13)12-7-9-14(10-8-12)16(18,19)20/h3-10,15H,1-2H3. The van der Waals surface area contributed by atoms with Crippen molar-refractivity contribution in [3.8, 4) is 11.1 Å². The van der Waals surface area contributed by atoms with Gasteiger partial charge >= 0.3 is 12.3 Å². The van der Waals surface area contributed by atoms with Gasteiger partial charge in [0.15, 0.2) is 6.10 Å². The Hall–Kier alpha value is -1.99. The van der Waals surface area contributed by atoms with E-state index in [0.717, 1.165) is 26.4 Å². The van der Waals surface area contributed by atoms with E-state index in [1.165, 1.54) is 36.4 Å². The van der Waals surface area contributed by atoms with Crippen molar-refractivity contribution in [3.63, 3.8) is 0 Å². The van der Waals surface area contributed by atoms with E-state index >= 15 is 0 Å². The van der Waals surface area contributed by atoms with Crippen molar-refractivity contribution in [2.75, 3.05) is 14.2 Å². The summed E-state index contributed by atoms with van der Waals surface area (Å²) < 4.78 is 73.8. The maximum atomic E-state index is 13.6. The highest BCUT2D eigenvalue weighted by atomic mass is 19.4. The molecule has 0 fully saturated rings. The number of hydrogen-bond acceptors (Lipinski definition) is 2. The third-order valence-corrected chi connectivity index (χ3v) is 3.57. The number of hydrogen-bond donors (Lipinski definition) is 0. The van der Waals surface area contributed by atoms with Gasteiger partial charge < -0.3 is 9.47 Å². The second-order valence-electron chi connectivity index (χ2n) is 5.08. The van der Waals surface area contributed by atoms with Crippen molar-refractivity contribution < 1.29 is 31.4 Å². The molecule has 0 saturated carbocycles. The SMILES string of the molecule is COC(c1ccc(-c2ccc(C(F)(F)F)cc2)cc1)C(F)(F)OC.